The van der Waals surface area contributed by atoms with Gasteiger partial charge in [-0.2, -0.15) is 0 Å². The number of ether oxygens (including phenoxy) is 1. The fourth-order valence-corrected chi connectivity index (χ4v) is 1.01. The number of rotatable bonds is 5. The van der Waals surface area contributed by atoms with Gasteiger partial charge in [0.2, 0.25) is 0 Å². The van der Waals surface area contributed by atoms with Crippen LogP contribution in [-0.4, -0.2) is 17.9 Å². The van der Waals surface area contributed by atoms with Crippen molar-refractivity contribution in [2.24, 2.45) is 0 Å². The first-order valence-corrected chi connectivity index (χ1v) is 5.97. The molecule has 0 radical (unpaired) electrons. The minimum atomic E-state index is -0.291. The molecule has 0 atom stereocenters. The maximum absolute atomic E-state index is 11.1. The third-order valence-corrected chi connectivity index (χ3v) is 2.47. The highest BCUT2D eigenvalue weighted by Crippen LogP contribution is 2.00. The molecule has 0 amide bonds. The molecule has 0 bridgehead atoms. The molecule has 0 aromatic rings. The Bertz CT molecular complexity index is 288. The summed E-state index contributed by atoms with van der Waals surface area (Å²) in [6.07, 6.45) is 7.28. The lowest BCUT2D eigenvalue weighted by Crippen LogP contribution is -1.99. The van der Waals surface area contributed by atoms with Gasteiger partial charge < -0.3 is 4.74 Å². The van der Waals surface area contributed by atoms with Crippen molar-refractivity contribution in [3.8, 4) is 0 Å². The van der Waals surface area contributed by atoms with Gasteiger partial charge in [0, 0.05) is 11.4 Å². The van der Waals surface area contributed by atoms with Crippen LogP contribution < -0.4 is 0 Å². The molecular weight excluding hydrogens is 256 g/mol. The van der Waals surface area contributed by atoms with Crippen LogP contribution in [0.1, 0.15) is 20.8 Å². The van der Waals surface area contributed by atoms with Crippen LogP contribution in [0.15, 0.2) is 35.5 Å². The molecule has 3 heteroatoms. The van der Waals surface area contributed by atoms with Gasteiger partial charge in [0.15, 0.2) is 0 Å². The minimum Gasteiger partial charge on any atom is -0.463 e. The van der Waals surface area contributed by atoms with Gasteiger partial charge in [-0.15, -0.1) is 0 Å². The third-order valence-electron chi connectivity index (χ3n) is 1.58. The number of carbonyl (C=O) groups excluding carboxylic acids is 1. The van der Waals surface area contributed by atoms with E-state index in [4.69, 9.17) is 4.74 Å². The van der Waals surface area contributed by atoms with Gasteiger partial charge in [-0.05, 0) is 26.3 Å². The SMILES string of the molecule is CCOC(=O)/C=C(C)/C=C/C=C(\C)CBr. The van der Waals surface area contributed by atoms with Crippen LogP contribution in [0.2, 0.25) is 0 Å². The lowest BCUT2D eigenvalue weighted by Gasteiger charge is -1.95. The van der Waals surface area contributed by atoms with E-state index in [0.29, 0.717) is 6.61 Å². The monoisotopic (exact) mass is 272 g/mol. The summed E-state index contributed by atoms with van der Waals surface area (Å²) in [4.78, 5) is 11.1. The molecule has 2 nitrogen and oxygen atoms in total. The van der Waals surface area contributed by atoms with Gasteiger partial charge in [0.05, 0.1) is 6.61 Å². The molecule has 0 spiro atoms. The zero-order valence-electron chi connectivity index (χ0n) is 9.42. The Morgan fingerprint density at radius 1 is 1.40 bits per heavy atom. The maximum Gasteiger partial charge on any atom is 0.330 e. The van der Waals surface area contributed by atoms with Crippen LogP contribution in [0.4, 0.5) is 0 Å². The van der Waals surface area contributed by atoms with E-state index < -0.39 is 0 Å². The highest BCUT2D eigenvalue weighted by molar-refractivity contribution is 9.09. The molecule has 0 fully saturated rings. The number of hydrogen-bond donors (Lipinski definition) is 0. The maximum atomic E-state index is 11.1. The predicted molar refractivity (Wildman–Crippen MR) is 67.1 cm³/mol. The average molecular weight is 273 g/mol. The van der Waals surface area contributed by atoms with E-state index in [0.717, 1.165) is 10.9 Å². The molecule has 0 aliphatic carbocycles. The van der Waals surface area contributed by atoms with Crippen molar-refractivity contribution in [1.82, 2.24) is 0 Å². The van der Waals surface area contributed by atoms with Crippen LogP contribution in [0, 0.1) is 0 Å². The highest BCUT2D eigenvalue weighted by Gasteiger charge is 1.94. The highest BCUT2D eigenvalue weighted by atomic mass is 79.9. The molecule has 0 aliphatic heterocycles. The molecule has 0 aromatic heterocycles. The number of allylic oxidation sites excluding steroid dienone is 5. The van der Waals surface area contributed by atoms with Crippen molar-refractivity contribution >= 4 is 21.9 Å². The van der Waals surface area contributed by atoms with E-state index in [1.54, 1.807) is 6.92 Å². The molecule has 0 aliphatic rings. The number of alkyl halides is 1. The number of halogens is 1. The second kappa shape index (κ2) is 8.48. The van der Waals surface area contributed by atoms with E-state index in [1.807, 2.05) is 32.1 Å². The number of carbonyl (C=O) groups is 1. The number of esters is 1. The van der Waals surface area contributed by atoms with Crippen molar-refractivity contribution in [2.45, 2.75) is 20.8 Å². The van der Waals surface area contributed by atoms with Gasteiger partial charge in [-0.25, -0.2) is 4.79 Å². The topological polar surface area (TPSA) is 26.3 Å². The van der Waals surface area contributed by atoms with Crippen molar-refractivity contribution in [2.75, 3.05) is 11.9 Å². The van der Waals surface area contributed by atoms with Crippen molar-refractivity contribution in [3.05, 3.63) is 35.5 Å². The molecule has 0 saturated heterocycles. The molecule has 0 aromatic carbocycles. The van der Waals surface area contributed by atoms with Gasteiger partial charge in [-0.3, -0.25) is 0 Å². The summed E-state index contributed by atoms with van der Waals surface area (Å²) in [6.45, 7) is 6.10. The lowest BCUT2D eigenvalue weighted by atomic mass is 10.2. The van der Waals surface area contributed by atoms with E-state index in [9.17, 15) is 4.79 Å². The zero-order chi connectivity index (χ0) is 11.7. The summed E-state index contributed by atoms with van der Waals surface area (Å²) in [7, 11) is 0. The summed E-state index contributed by atoms with van der Waals surface area (Å²) in [5.41, 5.74) is 2.11. The summed E-state index contributed by atoms with van der Waals surface area (Å²) in [6, 6.07) is 0. The molecule has 0 rings (SSSR count). The van der Waals surface area contributed by atoms with E-state index in [-0.39, 0.29) is 5.97 Å². The van der Waals surface area contributed by atoms with E-state index in [2.05, 4.69) is 15.9 Å². The Morgan fingerprint density at radius 3 is 2.60 bits per heavy atom. The summed E-state index contributed by atoms with van der Waals surface area (Å²) < 4.78 is 4.79. The fourth-order valence-electron chi connectivity index (χ4n) is 0.827. The normalized spacial score (nSPS) is 13.3. The Labute approximate surface area is 99.8 Å². The molecule has 0 unspecified atom stereocenters. The first kappa shape index (κ1) is 14.2. The summed E-state index contributed by atoms with van der Waals surface area (Å²) in [5.74, 6) is -0.291. The van der Waals surface area contributed by atoms with Crippen molar-refractivity contribution < 1.29 is 9.53 Å². The van der Waals surface area contributed by atoms with E-state index >= 15 is 0 Å². The van der Waals surface area contributed by atoms with Crippen molar-refractivity contribution in [1.29, 1.82) is 0 Å². The Balaban J connectivity index is 4.23. The smallest absolute Gasteiger partial charge is 0.330 e. The molecular formula is C12H17BrO2. The molecule has 15 heavy (non-hydrogen) atoms. The second-order valence-corrected chi connectivity index (χ2v) is 3.71. The number of hydrogen-bond acceptors (Lipinski definition) is 2. The first-order chi connectivity index (χ1) is 7.10. The second-order valence-electron chi connectivity index (χ2n) is 3.15. The van der Waals surface area contributed by atoms with Crippen LogP contribution in [-0.2, 0) is 9.53 Å². The van der Waals surface area contributed by atoms with Gasteiger partial charge >= 0.3 is 5.97 Å². The molecule has 0 heterocycles. The van der Waals surface area contributed by atoms with Crippen LogP contribution in [0.25, 0.3) is 0 Å². The first-order valence-electron chi connectivity index (χ1n) is 4.85. The lowest BCUT2D eigenvalue weighted by molar-refractivity contribution is -0.137. The Hall–Kier alpha value is -0.830. The fraction of sp³-hybridized carbons (Fsp3) is 0.417. The summed E-state index contributed by atoms with van der Waals surface area (Å²) in [5, 5.41) is 0.859. The largest absolute Gasteiger partial charge is 0.463 e. The Morgan fingerprint density at radius 2 is 2.07 bits per heavy atom. The van der Waals surface area contributed by atoms with Gasteiger partial charge in [0.25, 0.3) is 0 Å². The van der Waals surface area contributed by atoms with E-state index in [1.165, 1.54) is 11.6 Å². The zero-order valence-corrected chi connectivity index (χ0v) is 11.0. The van der Waals surface area contributed by atoms with Gasteiger partial charge in [-0.1, -0.05) is 39.7 Å². The molecule has 84 valence electrons. The average Bonchev–Trinajstić information content (AvgIpc) is 2.17. The molecule has 0 saturated carbocycles. The van der Waals surface area contributed by atoms with Crippen LogP contribution >= 0.6 is 15.9 Å². The third kappa shape index (κ3) is 8.18. The van der Waals surface area contributed by atoms with Crippen molar-refractivity contribution in [3.63, 3.8) is 0 Å². The quantitative estimate of drug-likeness (QED) is 0.332. The standard InChI is InChI=1S/C12H17BrO2/c1-4-15-12(14)8-10(2)6-5-7-11(3)9-13/h5-8H,4,9H2,1-3H3/b6-5+,10-8+,11-7+. The van der Waals surface area contributed by atoms with Crippen LogP contribution in [0.3, 0.4) is 0 Å². The summed E-state index contributed by atoms with van der Waals surface area (Å²) >= 11 is 3.35. The Kier molecular flexibility index (Phi) is 8.01. The minimum absolute atomic E-state index is 0.291. The molecule has 0 N–H and O–H groups in total. The predicted octanol–water partition coefficient (Wildman–Crippen LogP) is 3.39. The van der Waals surface area contributed by atoms with Crippen LogP contribution in [0.5, 0.6) is 0 Å². The van der Waals surface area contributed by atoms with Gasteiger partial charge in [0.1, 0.15) is 0 Å².